The molecule has 3 aromatic heterocycles. The van der Waals surface area contributed by atoms with E-state index in [1.807, 2.05) is 19.2 Å². The van der Waals surface area contributed by atoms with Crippen molar-refractivity contribution in [3.63, 3.8) is 0 Å². The molecule has 3 heterocycles. The summed E-state index contributed by atoms with van der Waals surface area (Å²) in [7, 11) is 0. The van der Waals surface area contributed by atoms with Crippen LogP contribution in [0.25, 0.3) is 66.4 Å². The minimum atomic E-state index is 0.127. The van der Waals surface area contributed by atoms with Crippen molar-refractivity contribution < 1.29 is 4.42 Å². The normalized spacial score (nSPS) is 12.0. The molecule has 0 aliphatic rings. The molecule has 3 nitrogen and oxygen atoms in total. The van der Waals surface area contributed by atoms with Crippen LogP contribution in [0.2, 0.25) is 0 Å². The summed E-state index contributed by atoms with van der Waals surface area (Å²) >= 11 is 0. The van der Waals surface area contributed by atoms with E-state index in [1.165, 1.54) is 38.6 Å². The molecule has 0 saturated heterocycles. The number of rotatable bonds is 3. The molecule has 0 spiro atoms. The van der Waals surface area contributed by atoms with Gasteiger partial charge in [0.15, 0.2) is 0 Å². The van der Waals surface area contributed by atoms with E-state index in [1.54, 1.807) is 0 Å². The zero-order valence-corrected chi connectivity index (χ0v) is 24.1. The molecule has 3 heteroatoms. The first-order chi connectivity index (χ1) is 19.8. The van der Waals surface area contributed by atoms with Crippen LogP contribution in [0.1, 0.15) is 37.6 Å². The maximum Gasteiger partial charge on any atom is 0.227 e. The molecule has 0 amide bonds. The van der Waals surface area contributed by atoms with Crippen molar-refractivity contribution in [2.45, 2.75) is 40.0 Å². The molecule has 0 saturated carbocycles. The Morgan fingerprint density at radius 3 is 2.17 bits per heavy atom. The number of benzene rings is 4. The van der Waals surface area contributed by atoms with Crippen molar-refractivity contribution in [2.24, 2.45) is 0 Å². The molecule has 0 atom stereocenters. The van der Waals surface area contributed by atoms with Crippen molar-refractivity contribution in [1.82, 2.24) is 9.97 Å². The number of nitrogens with zero attached hydrogens (tertiary/aromatic N) is 2. The lowest BCUT2D eigenvalue weighted by molar-refractivity contribution is 0.590. The van der Waals surface area contributed by atoms with E-state index in [9.17, 15) is 0 Å². The monoisotopic (exact) mass is 532 g/mol. The van der Waals surface area contributed by atoms with Crippen molar-refractivity contribution >= 4 is 32.8 Å². The van der Waals surface area contributed by atoms with Gasteiger partial charge in [0, 0.05) is 28.2 Å². The molecule has 0 aliphatic carbocycles. The molecular weight excluding hydrogens is 500 g/mol. The number of para-hydroxylation sites is 1. The lowest BCUT2D eigenvalue weighted by atomic mass is 9.85. The predicted molar refractivity (Wildman–Crippen MR) is 171 cm³/mol. The van der Waals surface area contributed by atoms with Gasteiger partial charge in [0.05, 0.1) is 5.69 Å². The summed E-state index contributed by atoms with van der Waals surface area (Å²) in [6.45, 7) is 11.0. The predicted octanol–water partition coefficient (Wildman–Crippen LogP) is 10.4. The van der Waals surface area contributed by atoms with Crippen LogP contribution >= 0.6 is 0 Å². The smallest absolute Gasteiger partial charge is 0.227 e. The minimum absolute atomic E-state index is 0.127. The van der Waals surface area contributed by atoms with Crippen LogP contribution in [0.15, 0.2) is 108 Å². The fourth-order valence-electron chi connectivity index (χ4n) is 5.99. The first kappa shape index (κ1) is 25.2. The molecule has 0 radical (unpaired) electrons. The van der Waals surface area contributed by atoms with E-state index in [2.05, 4.69) is 124 Å². The summed E-state index contributed by atoms with van der Waals surface area (Å²) in [5.41, 5.74) is 11.8. The Hall–Kier alpha value is -4.76. The third-order valence-electron chi connectivity index (χ3n) is 8.13. The van der Waals surface area contributed by atoms with Crippen LogP contribution < -0.4 is 0 Å². The lowest BCUT2D eigenvalue weighted by Gasteiger charge is -2.20. The molecule has 0 N–H and O–H groups in total. The number of hydrogen-bond acceptors (Lipinski definition) is 3. The Kier molecular flexibility index (Phi) is 5.79. The average molecular weight is 533 g/mol. The van der Waals surface area contributed by atoms with E-state index in [4.69, 9.17) is 9.40 Å². The second kappa shape index (κ2) is 9.42. The van der Waals surface area contributed by atoms with Gasteiger partial charge in [0.2, 0.25) is 5.71 Å². The van der Waals surface area contributed by atoms with Gasteiger partial charge in [-0.1, -0.05) is 87.5 Å². The van der Waals surface area contributed by atoms with Gasteiger partial charge in [-0.25, -0.2) is 4.98 Å². The van der Waals surface area contributed by atoms with E-state index in [0.717, 1.165) is 38.9 Å². The van der Waals surface area contributed by atoms with Gasteiger partial charge >= 0.3 is 0 Å². The van der Waals surface area contributed by atoms with Crippen LogP contribution in [0, 0.1) is 13.8 Å². The Balaban J connectivity index is 1.38. The van der Waals surface area contributed by atoms with Crippen molar-refractivity contribution in [2.75, 3.05) is 0 Å². The van der Waals surface area contributed by atoms with E-state index in [-0.39, 0.29) is 5.41 Å². The van der Waals surface area contributed by atoms with Crippen LogP contribution in [0.4, 0.5) is 0 Å². The van der Waals surface area contributed by atoms with Gasteiger partial charge in [-0.3, -0.25) is 4.98 Å². The van der Waals surface area contributed by atoms with E-state index < -0.39 is 0 Å². The number of aromatic nitrogens is 2. The van der Waals surface area contributed by atoms with Crippen LogP contribution in [0.5, 0.6) is 0 Å². The van der Waals surface area contributed by atoms with Crippen molar-refractivity contribution in [3.05, 3.63) is 120 Å². The largest absolute Gasteiger partial charge is 0.437 e. The number of fused-ring (bicyclic) bond motifs is 4. The van der Waals surface area contributed by atoms with Crippen LogP contribution in [0.3, 0.4) is 0 Å². The van der Waals surface area contributed by atoms with Gasteiger partial charge < -0.3 is 4.42 Å². The third-order valence-corrected chi connectivity index (χ3v) is 8.13. The lowest BCUT2D eigenvalue weighted by Crippen LogP contribution is -2.10. The topological polar surface area (TPSA) is 38.9 Å². The van der Waals surface area contributed by atoms with Crippen LogP contribution in [-0.4, -0.2) is 9.97 Å². The van der Waals surface area contributed by atoms with Gasteiger partial charge in [-0.2, -0.15) is 0 Å². The highest BCUT2D eigenvalue weighted by molar-refractivity contribution is 6.09. The second-order valence-corrected chi connectivity index (χ2v) is 12.0. The molecule has 0 unspecified atom stereocenters. The molecule has 0 bridgehead atoms. The zero-order chi connectivity index (χ0) is 28.3. The Bertz CT molecular complexity index is 2090. The minimum Gasteiger partial charge on any atom is -0.437 e. The molecule has 0 fully saturated rings. The second-order valence-electron chi connectivity index (χ2n) is 12.0. The standard InChI is InChI=1S/C38H32N2O/c1-23-21-33(25-14-16-27(17-15-25)38(3,4)5)28-9-6-7-10-29(28)35(23)26-19-20-39-34(22-26)32-12-8-11-30-31-18-13-24(2)40-37(31)41-36(30)32/h6-22H,1-5H3. The summed E-state index contributed by atoms with van der Waals surface area (Å²) in [6, 6.07) is 34.8. The molecule has 0 aliphatic heterocycles. The highest BCUT2D eigenvalue weighted by atomic mass is 16.3. The van der Waals surface area contributed by atoms with Gasteiger partial charge in [0.1, 0.15) is 5.58 Å². The van der Waals surface area contributed by atoms with E-state index in [0.29, 0.717) is 5.71 Å². The fraction of sp³-hybridized carbons (Fsp3) is 0.158. The molecule has 7 aromatic rings. The maximum atomic E-state index is 6.30. The highest BCUT2D eigenvalue weighted by Gasteiger charge is 2.18. The Morgan fingerprint density at radius 1 is 0.634 bits per heavy atom. The molecular formula is C38H32N2O. The Labute approximate surface area is 240 Å². The van der Waals surface area contributed by atoms with Gasteiger partial charge in [0.25, 0.3) is 0 Å². The zero-order valence-electron chi connectivity index (χ0n) is 24.1. The summed E-state index contributed by atoms with van der Waals surface area (Å²) in [5, 5.41) is 4.56. The summed E-state index contributed by atoms with van der Waals surface area (Å²) in [4.78, 5) is 9.42. The number of hydrogen-bond donors (Lipinski definition) is 0. The third kappa shape index (κ3) is 4.29. The van der Waals surface area contributed by atoms with Crippen molar-refractivity contribution in [1.29, 1.82) is 0 Å². The average Bonchev–Trinajstić information content (AvgIpc) is 3.34. The first-order valence-electron chi connectivity index (χ1n) is 14.2. The first-order valence-corrected chi connectivity index (χ1v) is 14.2. The summed E-state index contributed by atoms with van der Waals surface area (Å²) in [5.74, 6) is 0. The molecule has 4 aromatic carbocycles. The fourth-order valence-corrected chi connectivity index (χ4v) is 5.99. The number of pyridine rings is 2. The number of aryl methyl sites for hydroxylation is 2. The molecule has 41 heavy (non-hydrogen) atoms. The highest BCUT2D eigenvalue weighted by Crippen LogP contribution is 2.41. The van der Waals surface area contributed by atoms with Gasteiger partial charge in [-0.05, 0) is 93.7 Å². The summed E-state index contributed by atoms with van der Waals surface area (Å²) in [6.07, 6.45) is 1.90. The Morgan fingerprint density at radius 2 is 1.39 bits per heavy atom. The summed E-state index contributed by atoms with van der Waals surface area (Å²) < 4.78 is 6.30. The van der Waals surface area contributed by atoms with Gasteiger partial charge in [-0.15, -0.1) is 0 Å². The van der Waals surface area contributed by atoms with Crippen molar-refractivity contribution in [3.8, 4) is 33.5 Å². The SMILES string of the molecule is Cc1ccc2c(n1)oc1c(-c3cc(-c4c(C)cc(-c5ccc(C(C)(C)C)cc5)c5ccccc45)ccn3)cccc12. The molecule has 7 rings (SSSR count). The molecule has 200 valence electrons. The quantitative estimate of drug-likeness (QED) is 0.227. The number of furan rings is 1. The van der Waals surface area contributed by atoms with E-state index >= 15 is 0 Å². The maximum absolute atomic E-state index is 6.30. The van der Waals surface area contributed by atoms with Crippen LogP contribution in [-0.2, 0) is 5.41 Å².